The van der Waals surface area contributed by atoms with Crippen LogP contribution in [0.5, 0.6) is 0 Å². The molecule has 0 fully saturated rings. The molecule has 0 bridgehead atoms. The predicted molar refractivity (Wildman–Crippen MR) is 68.4 cm³/mol. The summed E-state index contributed by atoms with van der Waals surface area (Å²) < 4.78 is 0. The molecule has 0 radical (unpaired) electrons. The average Bonchev–Trinajstić information content (AvgIpc) is 2.59. The Morgan fingerprint density at radius 3 is 2.62 bits per heavy atom. The second kappa shape index (κ2) is 5.75. The molecule has 92 valence electrons. The topological polar surface area (TPSA) is 34.1 Å². The third kappa shape index (κ3) is 4.60. The summed E-state index contributed by atoms with van der Waals surface area (Å²) in [5.74, 6) is 0.555. The molecule has 1 aromatic heterocycles. The van der Waals surface area contributed by atoms with Crippen molar-refractivity contribution in [3.05, 3.63) is 16.1 Å². The molecule has 1 aromatic rings. The molecule has 0 aromatic carbocycles. The SMILES string of the molecule is CC(C)CONCc1cnc(C(C)(C)C)s1. The number of nitrogens with zero attached hydrogens (tertiary/aromatic N) is 1. The minimum absolute atomic E-state index is 0.141. The van der Waals surface area contributed by atoms with Gasteiger partial charge in [0.15, 0.2) is 0 Å². The van der Waals surface area contributed by atoms with E-state index in [1.54, 1.807) is 11.3 Å². The van der Waals surface area contributed by atoms with E-state index < -0.39 is 0 Å². The highest BCUT2D eigenvalue weighted by atomic mass is 32.1. The highest BCUT2D eigenvalue weighted by Gasteiger charge is 2.17. The molecular weight excluding hydrogens is 220 g/mol. The first kappa shape index (κ1) is 13.6. The van der Waals surface area contributed by atoms with E-state index in [1.165, 1.54) is 9.88 Å². The van der Waals surface area contributed by atoms with Crippen molar-refractivity contribution in [2.24, 2.45) is 5.92 Å². The van der Waals surface area contributed by atoms with Crippen LogP contribution in [0, 0.1) is 5.92 Å². The van der Waals surface area contributed by atoms with Crippen molar-refractivity contribution in [2.45, 2.75) is 46.6 Å². The molecule has 1 N–H and O–H groups in total. The van der Waals surface area contributed by atoms with E-state index in [2.05, 4.69) is 45.1 Å². The summed E-state index contributed by atoms with van der Waals surface area (Å²) in [5, 5.41) is 1.17. The van der Waals surface area contributed by atoms with Crippen molar-refractivity contribution < 1.29 is 4.84 Å². The van der Waals surface area contributed by atoms with Crippen molar-refractivity contribution in [1.82, 2.24) is 10.5 Å². The van der Waals surface area contributed by atoms with Crippen LogP contribution in [0.1, 0.15) is 44.5 Å². The van der Waals surface area contributed by atoms with Crippen LogP contribution >= 0.6 is 11.3 Å². The Balaban J connectivity index is 2.36. The van der Waals surface area contributed by atoms with Gasteiger partial charge < -0.3 is 4.84 Å². The highest BCUT2D eigenvalue weighted by Crippen LogP contribution is 2.26. The van der Waals surface area contributed by atoms with Crippen molar-refractivity contribution in [3.8, 4) is 0 Å². The molecule has 0 aliphatic rings. The maximum Gasteiger partial charge on any atom is 0.0981 e. The first-order valence-electron chi connectivity index (χ1n) is 5.69. The first-order valence-corrected chi connectivity index (χ1v) is 6.51. The highest BCUT2D eigenvalue weighted by molar-refractivity contribution is 7.11. The van der Waals surface area contributed by atoms with Crippen LogP contribution < -0.4 is 5.48 Å². The second-order valence-corrected chi connectivity index (χ2v) is 6.52. The summed E-state index contributed by atoms with van der Waals surface area (Å²) in [7, 11) is 0. The minimum atomic E-state index is 0.141. The van der Waals surface area contributed by atoms with Gasteiger partial charge in [-0.05, 0) is 5.92 Å². The van der Waals surface area contributed by atoms with E-state index >= 15 is 0 Å². The third-order valence-corrected chi connectivity index (χ3v) is 3.38. The summed E-state index contributed by atoms with van der Waals surface area (Å²) in [6.07, 6.45) is 1.93. The lowest BCUT2D eigenvalue weighted by atomic mass is 9.98. The molecule has 0 saturated carbocycles. The smallest absolute Gasteiger partial charge is 0.0981 e. The maximum atomic E-state index is 5.32. The number of thiazole rings is 1. The van der Waals surface area contributed by atoms with Gasteiger partial charge in [0.1, 0.15) is 0 Å². The summed E-state index contributed by atoms with van der Waals surface area (Å²) in [4.78, 5) is 11.0. The molecular formula is C12H22N2OS. The molecule has 1 rings (SSSR count). The molecule has 0 amide bonds. The molecule has 0 unspecified atom stereocenters. The first-order chi connectivity index (χ1) is 7.39. The predicted octanol–water partition coefficient (Wildman–Crippen LogP) is 3.12. The van der Waals surface area contributed by atoms with Crippen LogP contribution in [0.4, 0.5) is 0 Å². The van der Waals surface area contributed by atoms with Gasteiger partial charge in [-0.1, -0.05) is 34.6 Å². The fourth-order valence-electron chi connectivity index (χ4n) is 1.08. The molecule has 1 heterocycles. The van der Waals surface area contributed by atoms with Crippen LogP contribution in [0.25, 0.3) is 0 Å². The van der Waals surface area contributed by atoms with Crippen LogP contribution in [0.3, 0.4) is 0 Å². The van der Waals surface area contributed by atoms with E-state index in [9.17, 15) is 0 Å². The summed E-state index contributed by atoms with van der Waals surface area (Å²) in [6.45, 7) is 12.3. The van der Waals surface area contributed by atoms with Crippen LogP contribution in [0.2, 0.25) is 0 Å². The fraction of sp³-hybridized carbons (Fsp3) is 0.750. The van der Waals surface area contributed by atoms with E-state index in [0.717, 1.165) is 13.2 Å². The number of hydroxylamine groups is 1. The van der Waals surface area contributed by atoms with Crippen molar-refractivity contribution in [3.63, 3.8) is 0 Å². The lowest BCUT2D eigenvalue weighted by Gasteiger charge is -2.13. The molecule has 3 nitrogen and oxygen atoms in total. The van der Waals surface area contributed by atoms with Gasteiger partial charge >= 0.3 is 0 Å². The van der Waals surface area contributed by atoms with Gasteiger partial charge in [-0.3, -0.25) is 0 Å². The molecule has 0 aliphatic carbocycles. The standard InChI is InChI=1S/C12H22N2OS/c1-9(2)8-15-14-7-10-6-13-11(16-10)12(3,4)5/h6,9,14H,7-8H2,1-5H3. The van der Waals surface area contributed by atoms with Gasteiger partial charge in [0.25, 0.3) is 0 Å². The Morgan fingerprint density at radius 1 is 1.44 bits per heavy atom. The summed E-state index contributed by atoms with van der Waals surface area (Å²) in [5.41, 5.74) is 3.11. The van der Waals surface area contributed by atoms with Crippen LogP contribution in [0.15, 0.2) is 6.20 Å². The number of hydrogen-bond acceptors (Lipinski definition) is 4. The quantitative estimate of drug-likeness (QED) is 0.636. The van der Waals surface area contributed by atoms with Crippen molar-refractivity contribution >= 4 is 11.3 Å². The number of rotatable bonds is 5. The van der Waals surface area contributed by atoms with Crippen molar-refractivity contribution in [2.75, 3.05) is 6.61 Å². The molecule has 0 aliphatic heterocycles. The fourth-order valence-corrected chi connectivity index (χ4v) is 1.98. The van der Waals surface area contributed by atoms with E-state index in [0.29, 0.717) is 5.92 Å². The minimum Gasteiger partial charge on any atom is -0.301 e. The lowest BCUT2D eigenvalue weighted by Crippen LogP contribution is -2.16. The van der Waals surface area contributed by atoms with Gasteiger partial charge in [-0.25, -0.2) is 4.98 Å². The average molecular weight is 242 g/mol. The lowest BCUT2D eigenvalue weighted by molar-refractivity contribution is 0.0201. The van der Waals surface area contributed by atoms with Gasteiger partial charge in [0.05, 0.1) is 18.2 Å². The van der Waals surface area contributed by atoms with E-state index in [-0.39, 0.29) is 5.41 Å². The van der Waals surface area contributed by atoms with Crippen LogP contribution in [-0.4, -0.2) is 11.6 Å². The molecule has 0 saturated heterocycles. The van der Waals surface area contributed by atoms with Crippen molar-refractivity contribution in [1.29, 1.82) is 0 Å². The zero-order valence-electron chi connectivity index (χ0n) is 10.8. The zero-order chi connectivity index (χ0) is 12.2. The summed E-state index contributed by atoms with van der Waals surface area (Å²) in [6, 6.07) is 0. The summed E-state index contributed by atoms with van der Waals surface area (Å²) >= 11 is 1.75. The van der Waals surface area contributed by atoms with Gasteiger partial charge in [0.2, 0.25) is 0 Å². The van der Waals surface area contributed by atoms with Gasteiger partial charge in [0, 0.05) is 16.5 Å². The monoisotopic (exact) mass is 242 g/mol. The number of nitrogens with one attached hydrogen (secondary N) is 1. The normalized spacial score (nSPS) is 12.4. The van der Waals surface area contributed by atoms with Gasteiger partial charge in [-0.2, -0.15) is 5.48 Å². The van der Waals surface area contributed by atoms with E-state index in [4.69, 9.17) is 4.84 Å². The Labute approximate surface area is 102 Å². The molecule has 4 heteroatoms. The third-order valence-electron chi connectivity index (χ3n) is 1.96. The van der Waals surface area contributed by atoms with E-state index in [1.807, 2.05) is 6.20 Å². The Morgan fingerprint density at radius 2 is 2.12 bits per heavy atom. The van der Waals surface area contributed by atoms with Crippen LogP contribution in [-0.2, 0) is 16.8 Å². The van der Waals surface area contributed by atoms with Gasteiger partial charge in [-0.15, -0.1) is 11.3 Å². The Hall–Kier alpha value is -0.450. The number of hydrogen-bond donors (Lipinski definition) is 1. The Kier molecular flexibility index (Phi) is 4.89. The molecule has 0 spiro atoms. The number of aromatic nitrogens is 1. The molecule has 0 atom stereocenters. The second-order valence-electron chi connectivity index (χ2n) is 5.41. The largest absolute Gasteiger partial charge is 0.301 e. The Bertz CT molecular complexity index is 315. The molecule has 16 heavy (non-hydrogen) atoms. The maximum absolute atomic E-state index is 5.32. The zero-order valence-corrected chi connectivity index (χ0v) is 11.6.